The Kier molecular flexibility index (Phi) is 3.49. The van der Waals surface area contributed by atoms with Crippen molar-refractivity contribution >= 4 is 40.2 Å². The van der Waals surface area contributed by atoms with Gasteiger partial charge in [-0.1, -0.05) is 0 Å². The number of carbonyl (C=O) groups is 2. The van der Waals surface area contributed by atoms with Gasteiger partial charge in [-0.05, 0) is 36.9 Å². The van der Waals surface area contributed by atoms with E-state index in [0.717, 1.165) is 21.8 Å². The third-order valence-electron chi connectivity index (χ3n) is 2.50. The number of rotatable bonds is 3. The van der Waals surface area contributed by atoms with Gasteiger partial charge in [-0.3, -0.25) is 4.79 Å². The van der Waals surface area contributed by atoms with Crippen molar-refractivity contribution in [2.24, 2.45) is 0 Å². The molecule has 0 saturated carbocycles. The van der Waals surface area contributed by atoms with E-state index in [0.29, 0.717) is 10.6 Å². The smallest absolute Gasteiger partial charge is 0.348 e. The van der Waals surface area contributed by atoms with E-state index in [1.807, 2.05) is 19.9 Å². The van der Waals surface area contributed by atoms with Crippen LogP contribution in [0.1, 0.15) is 29.8 Å². The molecule has 2 rings (SSSR count). The summed E-state index contributed by atoms with van der Waals surface area (Å²) in [6, 6.07) is 3.40. The SMILES string of the molecule is Cc1cc(C(=O)Nc2ccsc2C(=O)O)sc1C. The Labute approximate surface area is 112 Å². The van der Waals surface area contributed by atoms with Crippen molar-refractivity contribution < 1.29 is 14.7 Å². The van der Waals surface area contributed by atoms with Crippen LogP contribution in [0.2, 0.25) is 0 Å². The molecule has 6 heteroatoms. The number of nitrogens with one attached hydrogen (secondary N) is 1. The van der Waals surface area contributed by atoms with E-state index >= 15 is 0 Å². The summed E-state index contributed by atoms with van der Waals surface area (Å²) in [6.45, 7) is 3.89. The zero-order chi connectivity index (χ0) is 13.3. The lowest BCUT2D eigenvalue weighted by atomic mass is 10.3. The maximum Gasteiger partial charge on any atom is 0.348 e. The van der Waals surface area contributed by atoms with Crippen LogP contribution in [0.5, 0.6) is 0 Å². The standard InChI is InChI=1S/C12H11NO3S2/c1-6-5-9(18-7(6)2)11(14)13-8-3-4-17-10(8)12(15)16/h3-5H,1-2H3,(H,13,14)(H,15,16). The molecule has 2 aromatic rings. The number of amides is 1. The average Bonchev–Trinajstić information content (AvgIpc) is 2.87. The number of carbonyl (C=O) groups excluding carboxylic acids is 1. The van der Waals surface area contributed by atoms with Gasteiger partial charge < -0.3 is 10.4 Å². The molecule has 0 atom stereocenters. The molecule has 0 saturated heterocycles. The van der Waals surface area contributed by atoms with Gasteiger partial charge in [-0.2, -0.15) is 0 Å². The van der Waals surface area contributed by atoms with Crippen LogP contribution in [0.3, 0.4) is 0 Å². The van der Waals surface area contributed by atoms with Crippen LogP contribution in [0.25, 0.3) is 0 Å². The van der Waals surface area contributed by atoms with Crippen molar-refractivity contribution in [2.75, 3.05) is 5.32 Å². The summed E-state index contributed by atoms with van der Waals surface area (Å²) in [5.74, 6) is -1.30. The second kappa shape index (κ2) is 4.91. The van der Waals surface area contributed by atoms with E-state index in [2.05, 4.69) is 5.32 Å². The van der Waals surface area contributed by atoms with Crippen LogP contribution in [-0.2, 0) is 0 Å². The topological polar surface area (TPSA) is 66.4 Å². The monoisotopic (exact) mass is 281 g/mol. The molecule has 2 aromatic heterocycles. The van der Waals surface area contributed by atoms with Crippen LogP contribution in [0.15, 0.2) is 17.5 Å². The highest BCUT2D eigenvalue weighted by molar-refractivity contribution is 7.14. The molecular formula is C12H11NO3S2. The van der Waals surface area contributed by atoms with E-state index < -0.39 is 5.97 Å². The fraction of sp³-hybridized carbons (Fsp3) is 0.167. The van der Waals surface area contributed by atoms with Gasteiger partial charge in [0, 0.05) is 4.88 Å². The molecule has 2 heterocycles. The molecule has 18 heavy (non-hydrogen) atoms. The predicted octanol–water partition coefficient (Wildman–Crippen LogP) is 3.38. The van der Waals surface area contributed by atoms with Gasteiger partial charge >= 0.3 is 5.97 Å². The van der Waals surface area contributed by atoms with E-state index in [9.17, 15) is 9.59 Å². The summed E-state index contributed by atoms with van der Waals surface area (Å²) in [6.07, 6.45) is 0. The first-order valence-electron chi connectivity index (χ1n) is 5.18. The maximum absolute atomic E-state index is 12.0. The van der Waals surface area contributed by atoms with Gasteiger partial charge in [0.15, 0.2) is 0 Å². The quantitative estimate of drug-likeness (QED) is 0.906. The van der Waals surface area contributed by atoms with E-state index in [1.165, 1.54) is 11.3 Å². The second-order valence-electron chi connectivity index (χ2n) is 3.77. The lowest BCUT2D eigenvalue weighted by Crippen LogP contribution is -2.11. The molecule has 0 radical (unpaired) electrons. The number of aryl methyl sites for hydroxylation is 2. The summed E-state index contributed by atoms with van der Waals surface area (Å²) >= 11 is 2.49. The minimum atomic E-state index is -1.03. The van der Waals surface area contributed by atoms with Gasteiger partial charge in [-0.15, -0.1) is 22.7 Å². The number of hydrogen-bond donors (Lipinski definition) is 2. The number of aromatic carboxylic acids is 1. The Hall–Kier alpha value is -1.66. The molecule has 0 unspecified atom stereocenters. The summed E-state index contributed by atoms with van der Waals surface area (Å²) < 4.78 is 0. The Morgan fingerprint density at radius 3 is 2.61 bits per heavy atom. The third-order valence-corrected chi connectivity index (χ3v) is 4.55. The first kappa shape index (κ1) is 12.8. The van der Waals surface area contributed by atoms with Crippen molar-refractivity contribution in [3.05, 3.63) is 37.7 Å². The normalized spacial score (nSPS) is 10.3. The molecular weight excluding hydrogens is 270 g/mol. The van der Waals surface area contributed by atoms with Gasteiger partial charge in [0.2, 0.25) is 0 Å². The van der Waals surface area contributed by atoms with Crippen molar-refractivity contribution in [3.8, 4) is 0 Å². The Morgan fingerprint density at radius 2 is 2.06 bits per heavy atom. The second-order valence-corrected chi connectivity index (χ2v) is 5.94. The Morgan fingerprint density at radius 1 is 1.33 bits per heavy atom. The van der Waals surface area contributed by atoms with Crippen molar-refractivity contribution in [1.29, 1.82) is 0 Å². The fourth-order valence-electron chi connectivity index (χ4n) is 1.44. The van der Waals surface area contributed by atoms with Gasteiger partial charge in [-0.25, -0.2) is 4.79 Å². The van der Waals surface area contributed by atoms with Gasteiger partial charge in [0.25, 0.3) is 5.91 Å². The summed E-state index contributed by atoms with van der Waals surface area (Å²) in [5.41, 5.74) is 1.41. The van der Waals surface area contributed by atoms with E-state index in [1.54, 1.807) is 11.4 Å². The van der Waals surface area contributed by atoms with Crippen LogP contribution in [-0.4, -0.2) is 17.0 Å². The number of carboxylic acid groups (broad SMARTS) is 1. The lowest BCUT2D eigenvalue weighted by molar-refractivity contribution is 0.0703. The van der Waals surface area contributed by atoms with Crippen molar-refractivity contribution in [3.63, 3.8) is 0 Å². The lowest BCUT2D eigenvalue weighted by Gasteiger charge is -2.01. The molecule has 0 spiro atoms. The molecule has 2 N–H and O–H groups in total. The first-order valence-corrected chi connectivity index (χ1v) is 6.88. The fourth-order valence-corrected chi connectivity index (χ4v) is 3.06. The van der Waals surface area contributed by atoms with Crippen LogP contribution >= 0.6 is 22.7 Å². The minimum Gasteiger partial charge on any atom is -0.477 e. The van der Waals surface area contributed by atoms with E-state index in [4.69, 9.17) is 5.11 Å². The van der Waals surface area contributed by atoms with Crippen molar-refractivity contribution in [1.82, 2.24) is 0 Å². The van der Waals surface area contributed by atoms with E-state index in [-0.39, 0.29) is 10.8 Å². The van der Waals surface area contributed by atoms with Crippen LogP contribution in [0, 0.1) is 13.8 Å². The molecule has 1 amide bonds. The average molecular weight is 281 g/mol. The number of thiophene rings is 2. The molecule has 0 aliphatic rings. The molecule has 4 nitrogen and oxygen atoms in total. The number of anilines is 1. The third kappa shape index (κ3) is 2.44. The van der Waals surface area contributed by atoms with Gasteiger partial charge in [0.1, 0.15) is 4.88 Å². The van der Waals surface area contributed by atoms with Gasteiger partial charge in [0.05, 0.1) is 10.6 Å². The highest BCUT2D eigenvalue weighted by Gasteiger charge is 2.16. The minimum absolute atomic E-state index is 0.147. The first-order chi connectivity index (χ1) is 8.49. The highest BCUT2D eigenvalue weighted by atomic mass is 32.1. The van der Waals surface area contributed by atoms with Crippen LogP contribution < -0.4 is 5.32 Å². The summed E-state index contributed by atoms with van der Waals surface area (Å²) in [5, 5.41) is 13.2. The molecule has 0 aromatic carbocycles. The summed E-state index contributed by atoms with van der Waals surface area (Å²) in [7, 11) is 0. The maximum atomic E-state index is 12.0. The Balaban J connectivity index is 2.21. The highest BCUT2D eigenvalue weighted by Crippen LogP contribution is 2.25. The molecule has 94 valence electrons. The largest absolute Gasteiger partial charge is 0.477 e. The zero-order valence-electron chi connectivity index (χ0n) is 9.81. The zero-order valence-corrected chi connectivity index (χ0v) is 11.4. The van der Waals surface area contributed by atoms with Crippen LogP contribution in [0.4, 0.5) is 5.69 Å². The predicted molar refractivity (Wildman–Crippen MR) is 73.0 cm³/mol. The summed E-state index contributed by atoms with van der Waals surface area (Å²) in [4.78, 5) is 24.7. The number of carboxylic acids is 1. The molecule has 0 bridgehead atoms. The molecule has 0 fully saturated rings. The Bertz CT molecular complexity index is 593. The molecule has 0 aliphatic heterocycles. The van der Waals surface area contributed by atoms with Crippen molar-refractivity contribution in [2.45, 2.75) is 13.8 Å². The molecule has 0 aliphatic carbocycles. The number of hydrogen-bond acceptors (Lipinski definition) is 4.